The number of nitriles is 3. The molecule has 0 saturated carbocycles. The Kier molecular flexibility index (Phi) is 6.64. The molecule has 0 radical (unpaired) electrons. The Morgan fingerprint density at radius 1 is 0.944 bits per heavy atom. The second-order valence-corrected chi connectivity index (χ2v) is 8.65. The fourth-order valence-corrected chi connectivity index (χ4v) is 4.58. The lowest BCUT2D eigenvalue weighted by Gasteiger charge is -2.33. The largest absolute Gasteiger partial charge is 0.465 e. The predicted octanol–water partition coefficient (Wildman–Crippen LogP) is 7.04. The summed E-state index contributed by atoms with van der Waals surface area (Å²) in [5, 5.41) is 28.4. The molecule has 4 rings (SSSR count). The van der Waals surface area contributed by atoms with Crippen LogP contribution >= 0.6 is 11.3 Å². The fraction of sp³-hybridized carbons (Fsp3) is 0.0714. The first-order valence-electron chi connectivity index (χ1n) is 10.4. The average Bonchev–Trinajstić information content (AvgIpc) is 3.61. The van der Waals surface area contributed by atoms with Crippen molar-refractivity contribution >= 4 is 23.5 Å². The first-order chi connectivity index (χ1) is 17.3. The number of halogens is 3. The van der Waals surface area contributed by atoms with E-state index in [-0.39, 0.29) is 5.56 Å². The van der Waals surface area contributed by atoms with E-state index in [9.17, 15) is 29.0 Å². The summed E-state index contributed by atoms with van der Waals surface area (Å²) in [5.41, 5.74) is -1.15. The molecule has 1 aliphatic heterocycles. The van der Waals surface area contributed by atoms with Crippen LogP contribution in [0.15, 0.2) is 107 Å². The van der Waals surface area contributed by atoms with Gasteiger partial charge < -0.3 is 4.74 Å². The molecule has 0 amide bonds. The Balaban J connectivity index is 1.85. The Bertz CT molecular complexity index is 1540. The summed E-state index contributed by atoms with van der Waals surface area (Å²) in [7, 11) is 0. The zero-order valence-electron chi connectivity index (χ0n) is 18.4. The van der Waals surface area contributed by atoms with Crippen LogP contribution in [0.25, 0.3) is 12.2 Å². The van der Waals surface area contributed by atoms with E-state index in [2.05, 4.69) is 5.73 Å². The van der Waals surface area contributed by atoms with E-state index < -0.39 is 34.3 Å². The second-order valence-electron chi connectivity index (χ2n) is 7.51. The molecular weight excluding hydrogens is 483 g/mol. The molecule has 0 N–H and O–H groups in total. The Labute approximate surface area is 209 Å². The minimum Gasteiger partial charge on any atom is -0.465 e. The highest BCUT2D eigenvalue weighted by atomic mass is 32.1. The van der Waals surface area contributed by atoms with E-state index in [1.165, 1.54) is 59.9 Å². The normalized spacial score (nSPS) is 18.9. The van der Waals surface area contributed by atoms with Gasteiger partial charge in [0.25, 0.3) is 5.60 Å². The van der Waals surface area contributed by atoms with E-state index in [0.717, 1.165) is 10.5 Å². The molecule has 36 heavy (non-hydrogen) atoms. The monoisotopic (exact) mass is 497 g/mol. The van der Waals surface area contributed by atoms with Gasteiger partial charge in [0, 0.05) is 26.5 Å². The van der Waals surface area contributed by atoms with Crippen molar-refractivity contribution in [3.63, 3.8) is 0 Å². The van der Waals surface area contributed by atoms with Crippen molar-refractivity contribution in [1.29, 1.82) is 15.8 Å². The molecule has 2 aromatic rings. The summed E-state index contributed by atoms with van der Waals surface area (Å²) in [4.78, 5) is 1.50. The summed E-state index contributed by atoms with van der Waals surface area (Å²) in [5.74, 6) is -0.691. The lowest BCUT2D eigenvalue weighted by molar-refractivity contribution is -0.249. The van der Waals surface area contributed by atoms with Gasteiger partial charge in [0.2, 0.25) is 0 Å². The summed E-state index contributed by atoms with van der Waals surface area (Å²) in [6.45, 7) is 0. The first kappa shape index (κ1) is 24.3. The van der Waals surface area contributed by atoms with Crippen molar-refractivity contribution in [2.45, 2.75) is 11.8 Å². The molecule has 1 aromatic carbocycles. The van der Waals surface area contributed by atoms with Gasteiger partial charge in [0.1, 0.15) is 23.8 Å². The number of benzene rings is 1. The van der Waals surface area contributed by atoms with Crippen LogP contribution in [0, 0.1) is 34.0 Å². The molecule has 4 nitrogen and oxygen atoms in total. The lowest BCUT2D eigenvalue weighted by Crippen LogP contribution is -2.43. The molecule has 1 aromatic heterocycles. The van der Waals surface area contributed by atoms with Gasteiger partial charge in [-0.3, -0.25) is 0 Å². The Morgan fingerprint density at radius 3 is 2.17 bits per heavy atom. The highest BCUT2D eigenvalue weighted by Crippen LogP contribution is 2.55. The van der Waals surface area contributed by atoms with Crippen molar-refractivity contribution in [2.75, 3.05) is 0 Å². The third-order valence-corrected chi connectivity index (χ3v) is 6.40. The number of thiophene rings is 1. The smallest absolute Gasteiger partial charge is 0.437 e. The van der Waals surface area contributed by atoms with E-state index in [0.29, 0.717) is 4.88 Å². The van der Waals surface area contributed by atoms with E-state index in [4.69, 9.17) is 4.74 Å². The summed E-state index contributed by atoms with van der Waals surface area (Å²) in [6.07, 6.45) is 6.88. The molecule has 0 fully saturated rings. The highest BCUT2D eigenvalue weighted by Gasteiger charge is 2.65. The second kappa shape index (κ2) is 9.82. The van der Waals surface area contributed by atoms with Gasteiger partial charge in [-0.1, -0.05) is 42.5 Å². The van der Waals surface area contributed by atoms with Crippen LogP contribution in [0.2, 0.25) is 0 Å². The van der Waals surface area contributed by atoms with Gasteiger partial charge in [-0.25, -0.2) is 0 Å². The number of alkyl halides is 3. The van der Waals surface area contributed by atoms with Crippen molar-refractivity contribution in [3.8, 4) is 18.2 Å². The van der Waals surface area contributed by atoms with Gasteiger partial charge in [-0.15, -0.1) is 17.1 Å². The molecule has 1 atom stereocenters. The fourth-order valence-electron chi connectivity index (χ4n) is 3.77. The maximum Gasteiger partial charge on any atom is 0.437 e. The third-order valence-electron chi connectivity index (χ3n) is 5.38. The van der Waals surface area contributed by atoms with Gasteiger partial charge in [-0.05, 0) is 42.5 Å². The lowest BCUT2D eigenvalue weighted by atomic mass is 9.84. The van der Waals surface area contributed by atoms with Gasteiger partial charge in [-0.2, -0.15) is 29.0 Å². The standard InChI is InChI=1S/C28H14F3N3OS/c29-28(30,31)27(21-8-2-1-3-9-21)25(24(18-34)26(35-27)20(16-32)17-33)15-14-23-13-12-22(36-23)11-10-19-6-4-5-7-19/h1-6,8-15H/b11-10+,15-14+. The number of ether oxygens (including phenoxy) is 1. The van der Waals surface area contributed by atoms with Crippen molar-refractivity contribution in [1.82, 2.24) is 0 Å². The molecule has 2 aliphatic rings. The van der Waals surface area contributed by atoms with Crippen LogP contribution in [0.4, 0.5) is 13.2 Å². The summed E-state index contributed by atoms with van der Waals surface area (Å²) in [6, 6.07) is 15.2. The van der Waals surface area contributed by atoms with Gasteiger partial charge in [0.05, 0.1) is 0 Å². The number of nitrogens with zero attached hydrogens (tertiary/aromatic N) is 3. The van der Waals surface area contributed by atoms with Crippen LogP contribution in [0.3, 0.4) is 0 Å². The van der Waals surface area contributed by atoms with Crippen LogP contribution in [0.5, 0.6) is 0 Å². The third kappa shape index (κ3) is 4.33. The molecular formula is C28H14F3N3OS. The zero-order valence-corrected chi connectivity index (χ0v) is 19.2. The summed E-state index contributed by atoms with van der Waals surface area (Å²) < 4.78 is 49.7. The number of allylic oxidation sites excluding steroid dienone is 6. The summed E-state index contributed by atoms with van der Waals surface area (Å²) >= 11 is 1.33. The highest BCUT2D eigenvalue weighted by molar-refractivity contribution is 7.13. The predicted molar refractivity (Wildman–Crippen MR) is 129 cm³/mol. The average molecular weight is 498 g/mol. The number of rotatable bonds is 5. The SMILES string of the molecule is N#CC(C#N)=C1OC(c2ccccc2)(C(F)(F)F)C(/C=C/c2ccc(/C=C/C3=C=CC=C3)s2)=C1C#N. The molecule has 0 bridgehead atoms. The molecule has 8 heteroatoms. The molecule has 1 unspecified atom stereocenters. The Hall–Kier alpha value is -4.80. The number of hydrogen-bond donors (Lipinski definition) is 0. The molecule has 1 aliphatic carbocycles. The zero-order chi connectivity index (χ0) is 25.8. The van der Waals surface area contributed by atoms with Gasteiger partial charge >= 0.3 is 6.18 Å². The van der Waals surface area contributed by atoms with Crippen molar-refractivity contribution in [3.05, 3.63) is 122 Å². The van der Waals surface area contributed by atoms with Gasteiger partial charge in [0.15, 0.2) is 11.3 Å². The molecule has 174 valence electrons. The minimum absolute atomic E-state index is 0.282. The van der Waals surface area contributed by atoms with Crippen LogP contribution < -0.4 is 0 Å². The van der Waals surface area contributed by atoms with Crippen LogP contribution in [-0.2, 0) is 10.3 Å². The maximum absolute atomic E-state index is 14.8. The quantitative estimate of drug-likeness (QED) is 0.328. The van der Waals surface area contributed by atoms with Crippen molar-refractivity contribution < 1.29 is 17.9 Å². The molecule has 0 spiro atoms. The molecule has 2 heterocycles. The van der Waals surface area contributed by atoms with E-state index in [1.54, 1.807) is 24.3 Å². The van der Waals surface area contributed by atoms with E-state index in [1.807, 2.05) is 30.4 Å². The topological polar surface area (TPSA) is 80.6 Å². The number of hydrogen-bond acceptors (Lipinski definition) is 5. The van der Waals surface area contributed by atoms with E-state index >= 15 is 0 Å². The van der Waals surface area contributed by atoms with Crippen molar-refractivity contribution in [2.24, 2.45) is 0 Å². The van der Waals surface area contributed by atoms with Crippen LogP contribution in [0.1, 0.15) is 15.3 Å². The maximum atomic E-state index is 14.8. The van der Waals surface area contributed by atoms with Crippen LogP contribution in [-0.4, -0.2) is 6.18 Å². The molecule has 0 saturated heterocycles. The minimum atomic E-state index is -5.02. The first-order valence-corrected chi connectivity index (χ1v) is 11.3. The Morgan fingerprint density at radius 2 is 1.61 bits per heavy atom.